The molecule has 2 saturated heterocycles. The summed E-state index contributed by atoms with van der Waals surface area (Å²) in [5, 5.41) is 0. The van der Waals surface area contributed by atoms with Crippen LogP contribution in [-0.2, 0) is 41.6 Å². The molecule has 0 bridgehead atoms. The van der Waals surface area contributed by atoms with E-state index in [4.69, 9.17) is 28.4 Å². The lowest BCUT2D eigenvalue weighted by molar-refractivity contribution is -0.370. The number of benzene rings is 2. The van der Waals surface area contributed by atoms with Crippen LogP contribution < -0.4 is 0 Å². The molecule has 3 aliphatic heterocycles. The van der Waals surface area contributed by atoms with Gasteiger partial charge in [0.25, 0.3) is 0 Å². The maximum absolute atomic E-state index is 6.33. The Bertz CT molecular complexity index is 797. The average Bonchev–Trinajstić information content (AvgIpc) is 2.74. The molecule has 0 aliphatic carbocycles. The summed E-state index contributed by atoms with van der Waals surface area (Å²) in [5.41, 5.74) is 3.22. The largest absolute Gasteiger partial charge is 0.368 e. The van der Waals surface area contributed by atoms with Crippen LogP contribution in [0.15, 0.2) is 54.6 Å². The first-order valence-corrected chi connectivity index (χ1v) is 9.64. The second-order valence-electron chi connectivity index (χ2n) is 7.28. The number of ether oxygens (including phenoxy) is 6. The molecule has 0 radical (unpaired) electrons. The first-order valence-electron chi connectivity index (χ1n) is 9.64. The van der Waals surface area contributed by atoms with Gasteiger partial charge in [0, 0.05) is 12.7 Å². The van der Waals surface area contributed by atoms with Gasteiger partial charge in [-0.1, -0.05) is 54.6 Å². The Kier molecular flexibility index (Phi) is 5.15. The summed E-state index contributed by atoms with van der Waals surface area (Å²) in [7, 11) is 1.62. The predicted molar refractivity (Wildman–Crippen MR) is 99.3 cm³/mol. The summed E-state index contributed by atoms with van der Waals surface area (Å²) in [6.45, 7) is 1.40. The Morgan fingerprint density at radius 3 is 2.14 bits per heavy atom. The van der Waals surface area contributed by atoms with Gasteiger partial charge in [0.15, 0.2) is 12.6 Å². The fourth-order valence-corrected chi connectivity index (χ4v) is 4.09. The van der Waals surface area contributed by atoms with Crippen molar-refractivity contribution in [1.82, 2.24) is 0 Å². The zero-order valence-corrected chi connectivity index (χ0v) is 15.7. The molecule has 0 spiro atoms. The van der Waals surface area contributed by atoms with Crippen LogP contribution in [0.1, 0.15) is 23.0 Å². The van der Waals surface area contributed by atoms with Crippen molar-refractivity contribution in [3.8, 4) is 0 Å². The van der Waals surface area contributed by atoms with E-state index in [2.05, 4.69) is 12.1 Å². The third-order valence-electron chi connectivity index (χ3n) is 5.57. The highest BCUT2D eigenvalue weighted by atomic mass is 16.8. The van der Waals surface area contributed by atoms with Gasteiger partial charge in [-0.25, -0.2) is 0 Å². The molecule has 148 valence electrons. The highest BCUT2D eigenvalue weighted by Crippen LogP contribution is 2.37. The van der Waals surface area contributed by atoms with Crippen molar-refractivity contribution in [2.75, 3.05) is 13.7 Å². The zero-order valence-electron chi connectivity index (χ0n) is 15.7. The molecule has 6 heteroatoms. The Morgan fingerprint density at radius 2 is 1.43 bits per heavy atom. The van der Waals surface area contributed by atoms with Crippen LogP contribution in [0.25, 0.3) is 0 Å². The fourth-order valence-electron chi connectivity index (χ4n) is 4.09. The van der Waals surface area contributed by atoms with E-state index in [0.29, 0.717) is 19.8 Å². The van der Waals surface area contributed by atoms with Gasteiger partial charge in [-0.15, -0.1) is 0 Å². The molecule has 5 rings (SSSR count). The molecular formula is C22H24O6. The van der Waals surface area contributed by atoms with Crippen molar-refractivity contribution in [1.29, 1.82) is 0 Å². The molecular weight excluding hydrogens is 360 g/mol. The summed E-state index contributed by atoms with van der Waals surface area (Å²) >= 11 is 0. The van der Waals surface area contributed by atoms with Gasteiger partial charge in [-0.2, -0.15) is 0 Å². The Hall–Kier alpha value is -1.80. The van der Waals surface area contributed by atoms with Crippen molar-refractivity contribution < 1.29 is 28.4 Å². The van der Waals surface area contributed by atoms with Crippen molar-refractivity contribution in [2.45, 2.75) is 50.2 Å². The molecule has 3 heterocycles. The SMILES string of the molecule is CO[C@H]1O[C@@H]2CO[C@@H](c3ccccc3)O[C@H]2[C@@H]2OCc3ccccc3CO[C@H]12. The molecule has 0 saturated carbocycles. The molecule has 28 heavy (non-hydrogen) atoms. The van der Waals surface area contributed by atoms with Crippen molar-refractivity contribution in [3.63, 3.8) is 0 Å². The average molecular weight is 384 g/mol. The lowest BCUT2D eigenvalue weighted by atomic mass is 9.96. The molecule has 0 N–H and O–H groups in total. The third kappa shape index (κ3) is 3.37. The standard InChI is InChI=1S/C22H24O6/c1-23-22-20-19(24-11-15-9-5-6-10-16(15)12-25-20)18-17(27-22)13-26-21(28-18)14-7-3-2-4-8-14/h2-10,17-22H,11-13H2,1H3/t17-,18-,19+,20+,21-,22+/m1/s1. The van der Waals surface area contributed by atoms with Crippen LogP contribution >= 0.6 is 0 Å². The minimum absolute atomic E-state index is 0.274. The highest BCUT2D eigenvalue weighted by Gasteiger charge is 2.52. The van der Waals surface area contributed by atoms with E-state index >= 15 is 0 Å². The van der Waals surface area contributed by atoms with Crippen LogP contribution in [0, 0.1) is 0 Å². The molecule has 0 amide bonds. The lowest BCUT2D eigenvalue weighted by Crippen LogP contribution is -2.63. The Morgan fingerprint density at radius 1 is 0.750 bits per heavy atom. The van der Waals surface area contributed by atoms with E-state index in [0.717, 1.165) is 16.7 Å². The number of hydrogen-bond acceptors (Lipinski definition) is 6. The zero-order chi connectivity index (χ0) is 18.9. The van der Waals surface area contributed by atoms with Gasteiger partial charge >= 0.3 is 0 Å². The summed E-state index contributed by atoms with van der Waals surface area (Å²) in [5.74, 6) is 0. The topological polar surface area (TPSA) is 55.4 Å². The fraction of sp³-hybridized carbons (Fsp3) is 0.455. The van der Waals surface area contributed by atoms with Crippen LogP contribution in [0.3, 0.4) is 0 Å². The lowest BCUT2D eigenvalue weighted by Gasteiger charge is -2.49. The van der Waals surface area contributed by atoms with Crippen molar-refractivity contribution in [2.24, 2.45) is 0 Å². The molecule has 2 fully saturated rings. The van der Waals surface area contributed by atoms with Crippen molar-refractivity contribution >= 4 is 0 Å². The second kappa shape index (κ2) is 7.91. The van der Waals surface area contributed by atoms with Crippen LogP contribution in [0.4, 0.5) is 0 Å². The molecule has 6 nitrogen and oxygen atoms in total. The van der Waals surface area contributed by atoms with Crippen LogP contribution in [-0.4, -0.2) is 44.4 Å². The first kappa shape index (κ1) is 18.2. The van der Waals surface area contributed by atoms with E-state index < -0.39 is 12.6 Å². The second-order valence-corrected chi connectivity index (χ2v) is 7.28. The molecule has 2 aromatic rings. The maximum Gasteiger partial charge on any atom is 0.186 e. The number of rotatable bonds is 2. The van der Waals surface area contributed by atoms with Gasteiger partial charge in [0.05, 0.1) is 19.8 Å². The van der Waals surface area contributed by atoms with E-state index in [-0.39, 0.29) is 24.4 Å². The minimum atomic E-state index is -0.531. The van der Waals surface area contributed by atoms with Crippen LogP contribution in [0.2, 0.25) is 0 Å². The van der Waals surface area contributed by atoms with Gasteiger partial charge in [-0.3, -0.25) is 0 Å². The highest BCUT2D eigenvalue weighted by molar-refractivity contribution is 5.26. The Balaban J connectivity index is 1.42. The molecule has 2 aromatic carbocycles. The molecule has 6 atom stereocenters. The molecule has 0 aromatic heterocycles. The van der Waals surface area contributed by atoms with E-state index in [1.165, 1.54) is 0 Å². The third-order valence-corrected chi connectivity index (χ3v) is 5.57. The number of fused-ring (bicyclic) bond motifs is 4. The summed E-state index contributed by atoms with van der Waals surface area (Å²) in [6.07, 6.45) is -2.25. The quantitative estimate of drug-likeness (QED) is 0.794. The van der Waals surface area contributed by atoms with Gasteiger partial charge in [-0.05, 0) is 11.1 Å². The summed E-state index contributed by atoms with van der Waals surface area (Å²) in [4.78, 5) is 0. The maximum atomic E-state index is 6.33. The summed E-state index contributed by atoms with van der Waals surface area (Å²) < 4.78 is 36.4. The minimum Gasteiger partial charge on any atom is -0.368 e. The number of methoxy groups -OCH3 is 1. The normalized spacial score (nSPS) is 35.0. The monoisotopic (exact) mass is 384 g/mol. The van der Waals surface area contributed by atoms with E-state index in [9.17, 15) is 0 Å². The molecule has 3 aliphatic rings. The van der Waals surface area contributed by atoms with Gasteiger partial charge in [0.1, 0.15) is 24.4 Å². The smallest absolute Gasteiger partial charge is 0.186 e. The number of hydrogen-bond donors (Lipinski definition) is 0. The summed E-state index contributed by atoms with van der Waals surface area (Å²) in [6, 6.07) is 18.1. The van der Waals surface area contributed by atoms with Gasteiger partial charge in [0.2, 0.25) is 0 Å². The van der Waals surface area contributed by atoms with Crippen LogP contribution in [0.5, 0.6) is 0 Å². The Labute approximate surface area is 164 Å². The first-order chi connectivity index (χ1) is 13.8. The van der Waals surface area contributed by atoms with E-state index in [1.807, 2.05) is 42.5 Å². The predicted octanol–water partition coefficient (Wildman–Crippen LogP) is 2.96. The van der Waals surface area contributed by atoms with Crippen molar-refractivity contribution in [3.05, 3.63) is 71.3 Å². The van der Waals surface area contributed by atoms with Gasteiger partial charge < -0.3 is 28.4 Å². The molecule has 0 unspecified atom stereocenters. The van der Waals surface area contributed by atoms with E-state index in [1.54, 1.807) is 7.11 Å².